The quantitative estimate of drug-likeness (QED) is 0.382. The van der Waals surface area contributed by atoms with Crippen molar-refractivity contribution in [1.29, 1.82) is 0 Å². The number of methoxy groups -OCH3 is 1. The average Bonchev–Trinajstić information content (AvgIpc) is 3.29. The Morgan fingerprint density at radius 2 is 1.80 bits per heavy atom. The van der Waals surface area contributed by atoms with Crippen LogP contribution in [-0.2, 0) is 9.59 Å². The number of carbonyl (C=O) groups excluding carboxylic acids is 2. The van der Waals surface area contributed by atoms with Crippen molar-refractivity contribution in [1.82, 2.24) is 5.16 Å². The Labute approximate surface area is 177 Å². The van der Waals surface area contributed by atoms with E-state index in [2.05, 4.69) is 5.16 Å². The van der Waals surface area contributed by atoms with Gasteiger partial charge in [0.2, 0.25) is 0 Å². The number of hydrogen-bond donors (Lipinski definition) is 1. The Balaban J connectivity index is 1.92. The fourth-order valence-corrected chi connectivity index (χ4v) is 3.53. The van der Waals surface area contributed by atoms with E-state index in [1.807, 2.05) is 0 Å². The lowest BCUT2D eigenvalue weighted by atomic mass is 9.95. The maximum Gasteiger partial charge on any atom is 0.301 e. The molecule has 1 saturated heterocycles. The number of hydrogen-bond acceptors (Lipinski definition) is 6. The third-order valence-electron chi connectivity index (χ3n) is 4.86. The Morgan fingerprint density at radius 3 is 2.37 bits per heavy atom. The molecule has 3 aromatic rings. The summed E-state index contributed by atoms with van der Waals surface area (Å²) in [5.74, 6) is -0.633. The van der Waals surface area contributed by atoms with E-state index in [-0.39, 0.29) is 17.2 Å². The first-order valence-corrected chi connectivity index (χ1v) is 9.42. The number of halogens is 1. The van der Waals surface area contributed by atoms with Crippen LogP contribution < -0.4 is 9.64 Å². The van der Waals surface area contributed by atoms with E-state index in [0.29, 0.717) is 27.7 Å². The number of nitrogens with zero attached hydrogens (tertiary/aromatic N) is 2. The van der Waals surface area contributed by atoms with Gasteiger partial charge in [0.05, 0.1) is 18.7 Å². The molecule has 152 valence electrons. The largest absolute Gasteiger partial charge is 0.507 e. The zero-order valence-electron chi connectivity index (χ0n) is 16.1. The van der Waals surface area contributed by atoms with Gasteiger partial charge in [0, 0.05) is 16.7 Å². The molecule has 30 heavy (non-hydrogen) atoms. The summed E-state index contributed by atoms with van der Waals surface area (Å²) in [7, 11) is 1.54. The molecular formula is C22H17ClN2O5. The van der Waals surface area contributed by atoms with Crippen LogP contribution in [0.2, 0.25) is 5.02 Å². The van der Waals surface area contributed by atoms with Crippen LogP contribution in [0.15, 0.2) is 64.7 Å². The maximum absolute atomic E-state index is 13.0. The summed E-state index contributed by atoms with van der Waals surface area (Å²) in [6, 6.07) is 13.9. The van der Waals surface area contributed by atoms with E-state index in [9.17, 15) is 14.7 Å². The molecule has 0 saturated carbocycles. The highest BCUT2D eigenvalue weighted by Gasteiger charge is 2.48. The third-order valence-corrected chi connectivity index (χ3v) is 5.11. The number of ether oxygens (including phenoxy) is 1. The molecule has 1 aliphatic rings. The van der Waals surface area contributed by atoms with Crippen molar-refractivity contribution in [3.05, 3.63) is 82.1 Å². The second-order valence-corrected chi connectivity index (χ2v) is 7.18. The van der Waals surface area contributed by atoms with Gasteiger partial charge in [0.15, 0.2) is 5.82 Å². The molecule has 0 aliphatic carbocycles. The van der Waals surface area contributed by atoms with Crippen LogP contribution in [-0.4, -0.2) is 29.1 Å². The molecule has 1 aromatic heterocycles. The van der Waals surface area contributed by atoms with Crippen LogP contribution in [0.5, 0.6) is 5.75 Å². The number of aromatic nitrogens is 1. The van der Waals surface area contributed by atoms with Crippen molar-refractivity contribution in [3.63, 3.8) is 0 Å². The third kappa shape index (κ3) is 3.33. The lowest BCUT2D eigenvalue weighted by Gasteiger charge is -2.23. The average molecular weight is 425 g/mol. The summed E-state index contributed by atoms with van der Waals surface area (Å²) >= 11 is 5.93. The zero-order chi connectivity index (χ0) is 21.4. The van der Waals surface area contributed by atoms with Gasteiger partial charge in [-0.05, 0) is 48.9 Å². The number of amides is 1. The molecule has 0 bridgehead atoms. The molecule has 1 aliphatic heterocycles. The van der Waals surface area contributed by atoms with Crippen LogP contribution in [0.1, 0.15) is 22.9 Å². The summed E-state index contributed by atoms with van der Waals surface area (Å²) in [4.78, 5) is 27.1. The minimum Gasteiger partial charge on any atom is -0.507 e. The zero-order valence-corrected chi connectivity index (χ0v) is 16.9. The molecule has 1 atom stereocenters. The number of Topliss-reactive ketones (excluding diaryl/α,β-unsaturated/α-hetero) is 1. The Bertz CT molecular complexity index is 1150. The van der Waals surface area contributed by atoms with Gasteiger partial charge in [-0.15, -0.1) is 0 Å². The highest BCUT2D eigenvalue weighted by atomic mass is 35.5. The van der Waals surface area contributed by atoms with E-state index in [4.69, 9.17) is 20.9 Å². The van der Waals surface area contributed by atoms with Crippen LogP contribution in [0, 0.1) is 6.92 Å². The molecule has 7 nitrogen and oxygen atoms in total. The van der Waals surface area contributed by atoms with E-state index in [1.165, 1.54) is 4.90 Å². The predicted molar refractivity (Wildman–Crippen MR) is 110 cm³/mol. The second kappa shape index (κ2) is 7.68. The number of aryl methyl sites for hydroxylation is 1. The Kier molecular flexibility index (Phi) is 5.05. The first-order chi connectivity index (χ1) is 14.4. The number of benzene rings is 2. The van der Waals surface area contributed by atoms with Crippen molar-refractivity contribution < 1.29 is 24.0 Å². The van der Waals surface area contributed by atoms with Crippen molar-refractivity contribution >= 4 is 34.9 Å². The second-order valence-electron chi connectivity index (χ2n) is 6.74. The fraction of sp³-hybridized carbons (Fsp3) is 0.136. The molecule has 1 N–H and O–H groups in total. The van der Waals surface area contributed by atoms with Gasteiger partial charge >= 0.3 is 5.91 Å². The highest BCUT2D eigenvalue weighted by Crippen LogP contribution is 2.42. The van der Waals surface area contributed by atoms with Gasteiger partial charge < -0.3 is 14.4 Å². The molecule has 1 fully saturated rings. The lowest BCUT2D eigenvalue weighted by molar-refractivity contribution is -0.132. The van der Waals surface area contributed by atoms with E-state index in [0.717, 1.165) is 0 Å². The number of ketones is 1. The standard InChI is InChI=1S/C22H17ClN2O5/c1-12-11-17(24-30-12)25-19(13-5-9-16(29-2)10-6-13)18(21(27)22(25)28)20(26)14-3-7-15(23)8-4-14/h3-11,19,26H,1-2H3/b20-18+. The highest BCUT2D eigenvalue weighted by molar-refractivity contribution is 6.51. The summed E-state index contributed by atoms with van der Waals surface area (Å²) in [5, 5.41) is 15.4. The van der Waals surface area contributed by atoms with Crippen LogP contribution >= 0.6 is 11.6 Å². The van der Waals surface area contributed by atoms with E-state index >= 15 is 0 Å². The molecule has 4 rings (SSSR count). The number of aliphatic hydroxyl groups is 1. The molecule has 0 radical (unpaired) electrons. The Hall–Kier alpha value is -3.58. The number of carbonyl (C=O) groups is 2. The van der Waals surface area contributed by atoms with Crippen molar-refractivity contribution in [2.75, 3.05) is 12.0 Å². The van der Waals surface area contributed by atoms with Crippen LogP contribution in [0.4, 0.5) is 5.82 Å². The normalized spacial score (nSPS) is 18.1. The SMILES string of the molecule is COc1ccc(C2/C(=C(\O)c3ccc(Cl)cc3)C(=O)C(=O)N2c2cc(C)on2)cc1. The van der Waals surface area contributed by atoms with Crippen molar-refractivity contribution in [2.24, 2.45) is 0 Å². The Morgan fingerprint density at radius 1 is 1.13 bits per heavy atom. The minimum atomic E-state index is -0.893. The van der Waals surface area contributed by atoms with E-state index < -0.39 is 17.7 Å². The molecule has 1 amide bonds. The van der Waals surface area contributed by atoms with Gasteiger partial charge in [-0.3, -0.25) is 14.5 Å². The number of aliphatic hydroxyl groups excluding tert-OH is 1. The lowest BCUT2D eigenvalue weighted by Crippen LogP contribution is -2.29. The van der Waals surface area contributed by atoms with Crippen molar-refractivity contribution in [3.8, 4) is 5.75 Å². The van der Waals surface area contributed by atoms with E-state index in [1.54, 1.807) is 68.6 Å². The molecule has 2 aromatic carbocycles. The number of anilines is 1. The van der Waals surface area contributed by atoms with Gasteiger partial charge in [-0.25, -0.2) is 0 Å². The minimum absolute atomic E-state index is 0.0480. The van der Waals surface area contributed by atoms with Crippen molar-refractivity contribution in [2.45, 2.75) is 13.0 Å². The summed E-state index contributed by atoms with van der Waals surface area (Å²) in [6.07, 6.45) is 0. The van der Waals surface area contributed by atoms with Crippen LogP contribution in [0.3, 0.4) is 0 Å². The first-order valence-electron chi connectivity index (χ1n) is 9.05. The fourth-order valence-electron chi connectivity index (χ4n) is 3.40. The maximum atomic E-state index is 13.0. The van der Waals surface area contributed by atoms with Crippen LogP contribution in [0.25, 0.3) is 5.76 Å². The predicted octanol–water partition coefficient (Wildman–Crippen LogP) is 4.27. The molecular weight excluding hydrogens is 408 g/mol. The summed E-state index contributed by atoms with van der Waals surface area (Å²) in [5.41, 5.74) is 0.923. The molecule has 0 spiro atoms. The first kappa shape index (κ1) is 19.7. The topological polar surface area (TPSA) is 92.9 Å². The van der Waals surface area contributed by atoms with Gasteiger partial charge in [0.25, 0.3) is 5.78 Å². The van der Waals surface area contributed by atoms with Gasteiger partial charge in [0.1, 0.15) is 17.3 Å². The molecule has 8 heteroatoms. The molecule has 1 unspecified atom stereocenters. The smallest absolute Gasteiger partial charge is 0.301 e. The summed E-state index contributed by atoms with van der Waals surface area (Å²) < 4.78 is 10.3. The molecule has 2 heterocycles. The van der Waals surface area contributed by atoms with Gasteiger partial charge in [-0.2, -0.15) is 0 Å². The summed E-state index contributed by atoms with van der Waals surface area (Å²) in [6.45, 7) is 1.68. The van der Waals surface area contributed by atoms with Gasteiger partial charge in [-0.1, -0.05) is 28.9 Å². The monoisotopic (exact) mass is 424 g/mol. The number of rotatable bonds is 4.